The van der Waals surface area contributed by atoms with Crippen LogP contribution in [0.4, 0.5) is 0 Å². The predicted octanol–water partition coefficient (Wildman–Crippen LogP) is 3.22. The number of aliphatic imine (C=N–C) groups is 1. The number of hydrogen-bond donors (Lipinski definition) is 2. The van der Waals surface area contributed by atoms with Crippen molar-refractivity contribution in [2.24, 2.45) is 4.99 Å². The zero-order chi connectivity index (χ0) is 28.3. The summed E-state index contributed by atoms with van der Waals surface area (Å²) in [6, 6.07) is 12.0. The first-order chi connectivity index (χ1) is 19.2. The van der Waals surface area contributed by atoms with Crippen LogP contribution in [0.25, 0.3) is 5.69 Å². The zero-order valence-electron chi connectivity index (χ0n) is 22.3. The minimum atomic E-state index is -3.73. The van der Waals surface area contributed by atoms with Crippen molar-refractivity contribution in [2.75, 3.05) is 32.6 Å². The van der Waals surface area contributed by atoms with E-state index < -0.39 is 22.4 Å². The number of rotatable bonds is 10. The Morgan fingerprint density at radius 3 is 2.73 bits per heavy atom. The van der Waals surface area contributed by atoms with Gasteiger partial charge in [-0.1, -0.05) is 29.8 Å². The Kier molecular flexibility index (Phi) is 8.95. The van der Waals surface area contributed by atoms with Crippen molar-refractivity contribution in [1.29, 1.82) is 0 Å². The van der Waals surface area contributed by atoms with Gasteiger partial charge in [-0.25, -0.2) is 0 Å². The van der Waals surface area contributed by atoms with E-state index in [0.29, 0.717) is 53.3 Å². The van der Waals surface area contributed by atoms with E-state index in [0.717, 1.165) is 36.8 Å². The fourth-order valence-electron chi connectivity index (χ4n) is 4.77. The molecule has 5 rings (SSSR count). The average molecular weight is 590 g/mol. The van der Waals surface area contributed by atoms with Crippen molar-refractivity contribution in [3.05, 3.63) is 75.8 Å². The number of nitrogens with zero attached hydrogens (tertiary/aromatic N) is 4. The highest BCUT2D eigenvalue weighted by Gasteiger charge is 2.30. The van der Waals surface area contributed by atoms with Crippen LogP contribution in [0.2, 0.25) is 5.02 Å². The molecular weight excluding hydrogens is 558 g/mol. The first-order valence-corrected chi connectivity index (χ1v) is 15.3. The third-order valence-corrected chi connectivity index (χ3v) is 7.52. The fraction of sp³-hybridized carbons (Fsp3) is 0.444. The molecule has 0 aliphatic carbocycles. The second-order valence-electron chi connectivity index (χ2n) is 9.73. The Labute approximate surface area is 238 Å². The van der Waals surface area contributed by atoms with Gasteiger partial charge < -0.3 is 14.6 Å². The summed E-state index contributed by atoms with van der Waals surface area (Å²) in [6.07, 6.45) is 2.84. The minimum Gasteiger partial charge on any atom is -0.374 e. The van der Waals surface area contributed by atoms with Crippen LogP contribution in [0.15, 0.2) is 47.5 Å². The number of ether oxygens (including phenoxy) is 2. The van der Waals surface area contributed by atoms with Crippen LogP contribution < -0.4 is 5.32 Å². The monoisotopic (exact) mass is 589 g/mol. The van der Waals surface area contributed by atoms with Crippen LogP contribution in [-0.2, 0) is 23.8 Å². The molecule has 3 unspecified atom stereocenters. The van der Waals surface area contributed by atoms with E-state index in [1.165, 1.54) is 0 Å². The van der Waals surface area contributed by atoms with Gasteiger partial charge in [-0.2, -0.15) is 8.42 Å². The molecule has 2 aromatic carbocycles. The summed E-state index contributed by atoms with van der Waals surface area (Å²) in [4.78, 5) is 4.93. The highest BCUT2D eigenvalue weighted by atomic mass is 35.5. The van der Waals surface area contributed by atoms with Crippen LogP contribution in [0.5, 0.6) is 0 Å². The highest BCUT2D eigenvalue weighted by Crippen LogP contribution is 2.33. The van der Waals surface area contributed by atoms with Gasteiger partial charge in [0.15, 0.2) is 12.1 Å². The standard InChI is InChI=1S/C27H32ClN5O6S/c1-17-31-32-26-22(16-39-40(2,35)36)30-25(18-6-9-20(28)10-7-18)21-15-19(8-11-23(21)33(17)26)27(34)29-12-14-38-24-5-3-4-13-37-24/h6-11,15,22,24,27,29,34H,3-5,12-14,16H2,1-2H3. The molecule has 3 heterocycles. The third-order valence-electron chi connectivity index (χ3n) is 6.70. The van der Waals surface area contributed by atoms with Gasteiger partial charge in [0.2, 0.25) is 0 Å². The number of fused-ring (bicyclic) bond motifs is 3. The number of nitrogens with one attached hydrogen (secondary N) is 1. The number of aliphatic hydroxyl groups excluding tert-OH is 1. The van der Waals surface area contributed by atoms with Crippen molar-refractivity contribution in [3.63, 3.8) is 0 Å². The lowest BCUT2D eigenvalue weighted by Crippen LogP contribution is -2.29. The molecule has 0 radical (unpaired) electrons. The summed E-state index contributed by atoms with van der Waals surface area (Å²) in [5, 5.41) is 23.2. The molecule has 3 aromatic rings. The lowest BCUT2D eigenvalue weighted by molar-refractivity contribution is -0.162. The largest absolute Gasteiger partial charge is 0.374 e. The van der Waals surface area contributed by atoms with Gasteiger partial charge in [0.1, 0.15) is 18.1 Å². The molecule has 214 valence electrons. The van der Waals surface area contributed by atoms with Gasteiger partial charge in [-0.3, -0.25) is 19.1 Å². The molecule has 1 aromatic heterocycles. The maximum atomic E-state index is 11.8. The van der Waals surface area contributed by atoms with Gasteiger partial charge in [0, 0.05) is 29.3 Å². The van der Waals surface area contributed by atoms with Crippen molar-refractivity contribution in [3.8, 4) is 5.69 Å². The Hall–Kier alpha value is -2.71. The van der Waals surface area contributed by atoms with Crippen molar-refractivity contribution in [2.45, 2.75) is 44.7 Å². The van der Waals surface area contributed by atoms with Crippen molar-refractivity contribution < 1.29 is 27.2 Å². The molecule has 0 spiro atoms. The summed E-state index contributed by atoms with van der Waals surface area (Å²) in [5.41, 5.74) is 3.39. The maximum Gasteiger partial charge on any atom is 0.264 e. The summed E-state index contributed by atoms with van der Waals surface area (Å²) < 4.78 is 42.0. The lowest BCUT2D eigenvalue weighted by Gasteiger charge is -2.23. The van der Waals surface area contributed by atoms with Gasteiger partial charge in [0.25, 0.3) is 10.1 Å². The van der Waals surface area contributed by atoms with Gasteiger partial charge >= 0.3 is 0 Å². The number of aryl methyl sites for hydroxylation is 1. The summed E-state index contributed by atoms with van der Waals surface area (Å²) in [6.45, 7) is 3.10. The van der Waals surface area contributed by atoms with E-state index in [9.17, 15) is 13.5 Å². The first kappa shape index (κ1) is 28.8. The Balaban J connectivity index is 1.47. The third kappa shape index (κ3) is 6.77. The molecule has 1 saturated heterocycles. The molecule has 3 atom stereocenters. The number of benzene rings is 2. The van der Waals surface area contributed by atoms with Crippen LogP contribution in [0.3, 0.4) is 0 Å². The molecular formula is C27H32ClN5O6S. The first-order valence-electron chi connectivity index (χ1n) is 13.1. The molecule has 2 aliphatic heterocycles. The number of aromatic nitrogens is 3. The lowest BCUT2D eigenvalue weighted by atomic mass is 9.97. The number of aliphatic hydroxyl groups is 1. The molecule has 0 saturated carbocycles. The van der Waals surface area contributed by atoms with Crippen LogP contribution in [0.1, 0.15) is 59.9 Å². The molecule has 11 nitrogen and oxygen atoms in total. The summed E-state index contributed by atoms with van der Waals surface area (Å²) in [7, 11) is -3.73. The van der Waals surface area contributed by atoms with Crippen LogP contribution in [0, 0.1) is 6.92 Å². The second-order valence-corrected chi connectivity index (χ2v) is 11.8. The number of halogens is 1. The van der Waals surface area contributed by atoms with Crippen molar-refractivity contribution >= 4 is 27.4 Å². The van der Waals surface area contributed by atoms with E-state index in [4.69, 9.17) is 30.3 Å². The van der Waals surface area contributed by atoms with E-state index >= 15 is 0 Å². The predicted molar refractivity (Wildman–Crippen MR) is 149 cm³/mol. The van der Waals surface area contributed by atoms with E-state index in [2.05, 4.69) is 15.5 Å². The van der Waals surface area contributed by atoms with E-state index in [1.54, 1.807) is 12.1 Å². The summed E-state index contributed by atoms with van der Waals surface area (Å²) >= 11 is 6.16. The Bertz CT molecular complexity index is 1470. The van der Waals surface area contributed by atoms with Crippen molar-refractivity contribution in [1.82, 2.24) is 20.1 Å². The highest BCUT2D eigenvalue weighted by molar-refractivity contribution is 7.85. The summed E-state index contributed by atoms with van der Waals surface area (Å²) in [5.74, 6) is 1.04. The van der Waals surface area contributed by atoms with E-state index in [1.807, 2.05) is 41.8 Å². The molecule has 2 N–H and O–H groups in total. The molecule has 2 aliphatic rings. The Morgan fingerprint density at radius 2 is 2.00 bits per heavy atom. The second kappa shape index (κ2) is 12.4. The smallest absolute Gasteiger partial charge is 0.264 e. The molecule has 13 heteroatoms. The minimum absolute atomic E-state index is 0.195. The molecule has 40 heavy (non-hydrogen) atoms. The zero-order valence-corrected chi connectivity index (χ0v) is 23.9. The average Bonchev–Trinajstić information content (AvgIpc) is 3.25. The number of hydrogen-bond acceptors (Lipinski definition) is 10. The molecule has 0 bridgehead atoms. The Morgan fingerprint density at radius 1 is 1.20 bits per heavy atom. The van der Waals surface area contributed by atoms with Crippen LogP contribution in [-0.4, -0.2) is 72.9 Å². The van der Waals surface area contributed by atoms with Gasteiger partial charge in [0.05, 0.1) is 30.9 Å². The fourth-order valence-corrected chi connectivity index (χ4v) is 5.27. The normalized spacial score (nSPS) is 19.9. The topological polar surface area (TPSA) is 137 Å². The molecule has 0 amide bonds. The van der Waals surface area contributed by atoms with E-state index in [-0.39, 0.29) is 12.9 Å². The SMILES string of the molecule is Cc1nnc2n1-c1ccc(C(O)NCCOC3CCCCO3)cc1C(c1ccc(Cl)cc1)=NC2COS(C)(=O)=O. The van der Waals surface area contributed by atoms with Crippen LogP contribution >= 0.6 is 11.6 Å². The molecule has 1 fully saturated rings. The quantitative estimate of drug-likeness (QED) is 0.207. The van der Waals surface area contributed by atoms with Gasteiger partial charge in [-0.05, 0) is 56.0 Å². The van der Waals surface area contributed by atoms with Gasteiger partial charge in [-0.15, -0.1) is 10.2 Å². The maximum absolute atomic E-state index is 11.8.